The summed E-state index contributed by atoms with van der Waals surface area (Å²) in [5, 5.41) is 6.52. The van der Waals surface area contributed by atoms with Crippen LogP contribution in [-0.2, 0) is 16.0 Å². The highest BCUT2D eigenvalue weighted by Crippen LogP contribution is 2.21. The summed E-state index contributed by atoms with van der Waals surface area (Å²) in [6.45, 7) is 7.62. The minimum Gasteiger partial charge on any atom is -0.496 e. The standard InChI is InChI=1S/C19H31N3O4.HI/c1-5-20-19(21-11-7-8-12-26-6-2)22-14-15-9-10-17(24-3)16(13-15)18(23)25-4;/h9-10,13H,5-8,11-12,14H2,1-4H3,(H2,20,21,22);1H. The van der Waals surface area contributed by atoms with Crippen molar-refractivity contribution in [2.45, 2.75) is 33.2 Å². The largest absolute Gasteiger partial charge is 0.496 e. The van der Waals surface area contributed by atoms with Gasteiger partial charge in [0.25, 0.3) is 0 Å². The zero-order chi connectivity index (χ0) is 19.2. The number of carbonyl (C=O) groups is 1. The highest BCUT2D eigenvalue weighted by molar-refractivity contribution is 14.0. The lowest BCUT2D eigenvalue weighted by atomic mass is 10.1. The Hall–Kier alpha value is -1.55. The van der Waals surface area contributed by atoms with E-state index in [1.165, 1.54) is 14.2 Å². The maximum atomic E-state index is 11.9. The van der Waals surface area contributed by atoms with Crippen molar-refractivity contribution in [2.24, 2.45) is 4.99 Å². The topological polar surface area (TPSA) is 81.2 Å². The van der Waals surface area contributed by atoms with Gasteiger partial charge in [-0.25, -0.2) is 9.79 Å². The summed E-state index contributed by atoms with van der Waals surface area (Å²) in [4.78, 5) is 16.4. The molecular formula is C19H32IN3O4. The van der Waals surface area contributed by atoms with Gasteiger partial charge in [0.15, 0.2) is 5.96 Å². The molecule has 154 valence electrons. The van der Waals surface area contributed by atoms with E-state index in [1.807, 2.05) is 19.9 Å². The second kappa shape index (κ2) is 15.5. The maximum Gasteiger partial charge on any atom is 0.341 e. The number of rotatable bonds is 11. The number of ether oxygens (including phenoxy) is 3. The highest BCUT2D eigenvalue weighted by Gasteiger charge is 2.13. The van der Waals surface area contributed by atoms with Crippen LogP contribution < -0.4 is 15.4 Å². The molecule has 0 atom stereocenters. The second-order valence-corrected chi connectivity index (χ2v) is 5.55. The van der Waals surface area contributed by atoms with Crippen LogP contribution in [0.3, 0.4) is 0 Å². The second-order valence-electron chi connectivity index (χ2n) is 5.55. The van der Waals surface area contributed by atoms with E-state index >= 15 is 0 Å². The van der Waals surface area contributed by atoms with Crippen molar-refractivity contribution < 1.29 is 19.0 Å². The molecule has 0 saturated heterocycles. The van der Waals surface area contributed by atoms with Gasteiger partial charge in [-0.15, -0.1) is 24.0 Å². The van der Waals surface area contributed by atoms with E-state index in [0.29, 0.717) is 17.9 Å². The molecule has 2 N–H and O–H groups in total. The smallest absolute Gasteiger partial charge is 0.341 e. The zero-order valence-electron chi connectivity index (χ0n) is 16.7. The first kappa shape index (κ1) is 25.4. The first-order valence-electron chi connectivity index (χ1n) is 9.01. The number of methoxy groups -OCH3 is 2. The molecule has 0 aliphatic carbocycles. The lowest BCUT2D eigenvalue weighted by molar-refractivity contribution is 0.0597. The van der Waals surface area contributed by atoms with E-state index < -0.39 is 5.97 Å². The molecule has 7 nitrogen and oxygen atoms in total. The van der Waals surface area contributed by atoms with Crippen LogP contribution in [0.25, 0.3) is 0 Å². The van der Waals surface area contributed by atoms with Gasteiger partial charge in [-0.05, 0) is 44.4 Å². The molecule has 0 heterocycles. The van der Waals surface area contributed by atoms with Crippen LogP contribution in [0.1, 0.15) is 42.6 Å². The molecule has 0 aliphatic rings. The van der Waals surface area contributed by atoms with Gasteiger partial charge in [-0.2, -0.15) is 0 Å². The predicted octanol–water partition coefficient (Wildman–Crippen LogP) is 2.97. The van der Waals surface area contributed by atoms with Crippen LogP contribution in [0.5, 0.6) is 5.75 Å². The minimum absolute atomic E-state index is 0. The third kappa shape index (κ3) is 9.81. The van der Waals surface area contributed by atoms with E-state index in [9.17, 15) is 4.79 Å². The zero-order valence-corrected chi connectivity index (χ0v) is 19.0. The molecule has 0 radical (unpaired) electrons. The molecule has 0 unspecified atom stereocenters. The summed E-state index contributed by atoms with van der Waals surface area (Å²) >= 11 is 0. The van der Waals surface area contributed by atoms with E-state index in [1.54, 1.807) is 12.1 Å². The Morgan fingerprint density at radius 1 is 1.15 bits per heavy atom. The number of esters is 1. The molecule has 0 fully saturated rings. The Kier molecular flexibility index (Phi) is 14.6. The Labute approximate surface area is 179 Å². The van der Waals surface area contributed by atoms with Crippen molar-refractivity contribution in [3.05, 3.63) is 29.3 Å². The summed E-state index contributed by atoms with van der Waals surface area (Å²) in [6.07, 6.45) is 2.03. The van der Waals surface area contributed by atoms with Crippen LogP contribution in [0.4, 0.5) is 0 Å². The number of hydrogen-bond donors (Lipinski definition) is 2. The number of nitrogens with zero attached hydrogens (tertiary/aromatic N) is 1. The number of aliphatic imine (C=N–C) groups is 1. The van der Waals surface area contributed by atoms with Gasteiger partial charge in [0.1, 0.15) is 11.3 Å². The van der Waals surface area contributed by atoms with Crippen molar-refractivity contribution in [2.75, 3.05) is 40.5 Å². The number of unbranched alkanes of at least 4 members (excludes halogenated alkanes) is 1. The van der Waals surface area contributed by atoms with Gasteiger partial charge in [0.05, 0.1) is 20.8 Å². The molecule has 0 saturated carbocycles. The quantitative estimate of drug-likeness (QED) is 0.162. The van der Waals surface area contributed by atoms with Crippen LogP contribution in [-0.4, -0.2) is 52.5 Å². The average Bonchev–Trinajstić information content (AvgIpc) is 2.67. The first-order valence-corrected chi connectivity index (χ1v) is 9.01. The number of nitrogens with one attached hydrogen (secondary N) is 2. The van der Waals surface area contributed by atoms with Crippen molar-refractivity contribution in [3.8, 4) is 5.75 Å². The van der Waals surface area contributed by atoms with Gasteiger partial charge in [0.2, 0.25) is 0 Å². The van der Waals surface area contributed by atoms with Gasteiger partial charge < -0.3 is 24.8 Å². The van der Waals surface area contributed by atoms with Crippen LogP contribution >= 0.6 is 24.0 Å². The van der Waals surface area contributed by atoms with Crippen LogP contribution in [0.2, 0.25) is 0 Å². The third-order valence-electron chi connectivity index (χ3n) is 3.65. The summed E-state index contributed by atoms with van der Waals surface area (Å²) in [5.74, 6) is 0.815. The number of benzene rings is 1. The molecule has 8 heteroatoms. The maximum absolute atomic E-state index is 11.9. The lowest BCUT2D eigenvalue weighted by Gasteiger charge is -2.12. The van der Waals surface area contributed by atoms with Gasteiger partial charge in [0, 0.05) is 26.3 Å². The third-order valence-corrected chi connectivity index (χ3v) is 3.65. The van der Waals surface area contributed by atoms with Gasteiger partial charge >= 0.3 is 5.97 Å². The summed E-state index contributed by atoms with van der Waals surface area (Å²) in [5.41, 5.74) is 1.30. The molecule has 0 spiro atoms. The Balaban J connectivity index is 0.00000676. The van der Waals surface area contributed by atoms with E-state index in [0.717, 1.165) is 50.7 Å². The Morgan fingerprint density at radius 3 is 2.56 bits per heavy atom. The molecule has 1 rings (SSSR count). The Morgan fingerprint density at radius 2 is 1.93 bits per heavy atom. The number of carbonyl (C=O) groups excluding carboxylic acids is 1. The van der Waals surface area contributed by atoms with Crippen molar-refractivity contribution in [1.29, 1.82) is 0 Å². The van der Waals surface area contributed by atoms with E-state index in [2.05, 4.69) is 15.6 Å². The van der Waals surface area contributed by atoms with Crippen molar-refractivity contribution in [3.63, 3.8) is 0 Å². The molecule has 0 bridgehead atoms. The lowest BCUT2D eigenvalue weighted by Crippen LogP contribution is -2.37. The fourth-order valence-corrected chi connectivity index (χ4v) is 2.32. The van der Waals surface area contributed by atoms with Gasteiger partial charge in [-0.1, -0.05) is 6.07 Å². The van der Waals surface area contributed by atoms with Crippen LogP contribution in [0, 0.1) is 0 Å². The molecule has 1 aromatic rings. The normalized spacial score (nSPS) is 10.7. The highest BCUT2D eigenvalue weighted by atomic mass is 127. The SMILES string of the molecule is CCNC(=NCc1ccc(OC)c(C(=O)OC)c1)NCCCCOCC.I. The van der Waals surface area contributed by atoms with Crippen LogP contribution in [0.15, 0.2) is 23.2 Å². The molecule has 0 amide bonds. The fourth-order valence-electron chi connectivity index (χ4n) is 2.32. The van der Waals surface area contributed by atoms with Crippen molar-refractivity contribution in [1.82, 2.24) is 10.6 Å². The summed E-state index contributed by atoms with van der Waals surface area (Å²) in [7, 11) is 2.88. The first-order chi connectivity index (χ1) is 12.7. The fraction of sp³-hybridized carbons (Fsp3) is 0.579. The number of guanidine groups is 1. The molecule has 0 aromatic heterocycles. The molecular weight excluding hydrogens is 461 g/mol. The van der Waals surface area contributed by atoms with E-state index in [-0.39, 0.29) is 24.0 Å². The predicted molar refractivity (Wildman–Crippen MR) is 118 cm³/mol. The average molecular weight is 493 g/mol. The molecule has 1 aromatic carbocycles. The molecule has 0 aliphatic heterocycles. The van der Waals surface area contributed by atoms with E-state index in [4.69, 9.17) is 14.2 Å². The summed E-state index contributed by atoms with van der Waals surface area (Å²) in [6, 6.07) is 5.39. The Bertz CT molecular complexity index is 582. The summed E-state index contributed by atoms with van der Waals surface area (Å²) < 4.78 is 15.3. The van der Waals surface area contributed by atoms with Gasteiger partial charge in [-0.3, -0.25) is 0 Å². The number of halogens is 1. The monoisotopic (exact) mass is 493 g/mol. The molecule has 27 heavy (non-hydrogen) atoms. The minimum atomic E-state index is -0.424. The number of hydrogen-bond acceptors (Lipinski definition) is 5. The van der Waals surface area contributed by atoms with Crippen molar-refractivity contribution >= 4 is 35.9 Å².